The maximum atomic E-state index is 13.3. The summed E-state index contributed by atoms with van der Waals surface area (Å²) < 4.78 is 13.3. The third-order valence-electron chi connectivity index (χ3n) is 4.61. The van der Waals surface area contributed by atoms with Crippen LogP contribution in [0.25, 0.3) is 22.8 Å². The summed E-state index contributed by atoms with van der Waals surface area (Å²) in [6, 6.07) is 14.2. The van der Waals surface area contributed by atoms with E-state index in [9.17, 15) is 4.39 Å². The number of nitrogens with zero attached hydrogens (tertiary/aromatic N) is 4. The molecule has 6 heteroatoms. The van der Waals surface area contributed by atoms with Gasteiger partial charge >= 0.3 is 0 Å². The van der Waals surface area contributed by atoms with Crippen LogP contribution in [0.4, 0.5) is 10.2 Å². The molecule has 0 amide bonds. The normalized spacial score (nSPS) is 15.2. The number of halogens is 1. The summed E-state index contributed by atoms with van der Waals surface area (Å²) in [6.07, 6.45) is 3.62. The number of hydrogen-bond donors (Lipinski definition) is 1. The predicted molar refractivity (Wildman–Crippen MR) is 100 cm³/mol. The number of nitrogens with two attached hydrogens (primary N) is 1. The third-order valence-corrected chi connectivity index (χ3v) is 4.61. The summed E-state index contributed by atoms with van der Waals surface area (Å²) in [5, 5.41) is 0. The molecule has 3 heterocycles. The van der Waals surface area contributed by atoms with Crippen LogP contribution in [0.5, 0.6) is 0 Å². The molecule has 0 radical (unpaired) electrons. The van der Waals surface area contributed by atoms with Crippen molar-refractivity contribution in [1.29, 1.82) is 0 Å². The summed E-state index contributed by atoms with van der Waals surface area (Å²) in [7, 11) is 0. The fourth-order valence-electron chi connectivity index (χ4n) is 3.10. The van der Waals surface area contributed by atoms with Crippen LogP contribution < -0.4 is 10.6 Å². The Morgan fingerprint density at radius 1 is 0.962 bits per heavy atom. The molecule has 1 saturated heterocycles. The van der Waals surface area contributed by atoms with Crippen molar-refractivity contribution in [3.63, 3.8) is 0 Å². The van der Waals surface area contributed by atoms with Crippen molar-refractivity contribution in [3.05, 3.63) is 60.5 Å². The minimum Gasteiger partial charge on any atom is -0.356 e. The standard InChI is InChI=1S/C20H20FN5/c21-15-6-4-14(5-7-15)20-24-18(17-3-1-2-10-23-17)13-19(25-20)26-11-8-16(22)9-12-26/h1-7,10,13,16H,8-9,11-12,22H2. The monoisotopic (exact) mass is 349 g/mol. The van der Waals surface area contributed by atoms with E-state index in [1.165, 1.54) is 12.1 Å². The number of rotatable bonds is 3. The zero-order chi connectivity index (χ0) is 17.9. The molecule has 0 spiro atoms. The summed E-state index contributed by atoms with van der Waals surface area (Å²) in [5.41, 5.74) is 8.34. The summed E-state index contributed by atoms with van der Waals surface area (Å²) in [4.78, 5) is 16.0. The molecule has 0 saturated carbocycles. The summed E-state index contributed by atoms with van der Waals surface area (Å²) in [6.45, 7) is 1.73. The van der Waals surface area contributed by atoms with Crippen LogP contribution >= 0.6 is 0 Å². The van der Waals surface area contributed by atoms with Gasteiger partial charge in [0.25, 0.3) is 0 Å². The highest BCUT2D eigenvalue weighted by Gasteiger charge is 2.19. The van der Waals surface area contributed by atoms with Gasteiger partial charge in [0, 0.05) is 37.0 Å². The zero-order valence-corrected chi connectivity index (χ0v) is 14.3. The lowest BCUT2D eigenvalue weighted by atomic mass is 10.1. The number of aromatic nitrogens is 3. The number of pyridine rings is 1. The molecule has 1 aromatic carbocycles. The molecule has 2 aromatic heterocycles. The Labute approximate surface area is 151 Å². The topological polar surface area (TPSA) is 67.9 Å². The Bertz CT molecular complexity index is 874. The van der Waals surface area contributed by atoms with E-state index in [1.54, 1.807) is 18.3 Å². The van der Waals surface area contributed by atoms with E-state index in [-0.39, 0.29) is 11.9 Å². The van der Waals surface area contributed by atoms with E-state index in [2.05, 4.69) is 14.9 Å². The Hall–Kier alpha value is -2.86. The first-order valence-corrected chi connectivity index (χ1v) is 8.76. The van der Waals surface area contributed by atoms with Crippen LogP contribution in [0.2, 0.25) is 0 Å². The van der Waals surface area contributed by atoms with Gasteiger partial charge in [-0.1, -0.05) is 6.07 Å². The maximum Gasteiger partial charge on any atom is 0.162 e. The van der Waals surface area contributed by atoms with Gasteiger partial charge in [-0.3, -0.25) is 4.98 Å². The SMILES string of the molecule is NC1CCN(c2cc(-c3ccccn3)nc(-c3ccc(F)cc3)n2)CC1. The van der Waals surface area contributed by atoms with Gasteiger partial charge < -0.3 is 10.6 Å². The maximum absolute atomic E-state index is 13.3. The average molecular weight is 349 g/mol. The Morgan fingerprint density at radius 2 is 1.73 bits per heavy atom. The molecule has 4 rings (SSSR count). The van der Waals surface area contributed by atoms with Crippen molar-refractivity contribution in [2.45, 2.75) is 18.9 Å². The second-order valence-corrected chi connectivity index (χ2v) is 6.48. The second-order valence-electron chi connectivity index (χ2n) is 6.48. The van der Waals surface area contributed by atoms with Crippen molar-refractivity contribution >= 4 is 5.82 Å². The van der Waals surface area contributed by atoms with Crippen molar-refractivity contribution in [3.8, 4) is 22.8 Å². The van der Waals surface area contributed by atoms with Gasteiger partial charge in [-0.15, -0.1) is 0 Å². The molecule has 0 atom stereocenters. The van der Waals surface area contributed by atoms with Crippen molar-refractivity contribution in [2.24, 2.45) is 5.73 Å². The fraction of sp³-hybridized carbons (Fsp3) is 0.250. The van der Waals surface area contributed by atoms with Crippen LogP contribution in [-0.2, 0) is 0 Å². The van der Waals surface area contributed by atoms with Gasteiger partial charge in [-0.25, -0.2) is 14.4 Å². The Kier molecular flexibility index (Phi) is 4.58. The lowest BCUT2D eigenvalue weighted by Crippen LogP contribution is -2.40. The van der Waals surface area contributed by atoms with Crippen molar-refractivity contribution < 1.29 is 4.39 Å². The first kappa shape index (κ1) is 16.6. The molecular weight excluding hydrogens is 329 g/mol. The quantitative estimate of drug-likeness (QED) is 0.786. The number of benzene rings is 1. The number of hydrogen-bond acceptors (Lipinski definition) is 5. The van der Waals surface area contributed by atoms with E-state index in [4.69, 9.17) is 10.7 Å². The molecule has 26 heavy (non-hydrogen) atoms. The molecule has 0 unspecified atom stereocenters. The molecule has 2 N–H and O–H groups in total. The van der Waals surface area contributed by atoms with Crippen LogP contribution in [0.3, 0.4) is 0 Å². The summed E-state index contributed by atoms with van der Waals surface area (Å²) >= 11 is 0. The van der Waals surface area contributed by atoms with E-state index in [0.29, 0.717) is 5.82 Å². The highest BCUT2D eigenvalue weighted by Crippen LogP contribution is 2.26. The van der Waals surface area contributed by atoms with Gasteiger partial charge in [0.1, 0.15) is 11.6 Å². The van der Waals surface area contributed by atoms with Gasteiger partial charge in [-0.2, -0.15) is 0 Å². The number of piperidine rings is 1. The molecule has 0 bridgehead atoms. The molecule has 3 aromatic rings. The highest BCUT2D eigenvalue weighted by atomic mass is 19.1. The first-order valence-electron chi connectivity index (χ1n) is 8.76. The predicted octanol–water partition coefficient (Wildman–Crippen LogP) is 3.27. The van der Waals surface area contributed by atoms with Crippen LogP contribution in [0, 0.1) is 5.82 Å². The molecule has 0 aliphatic carbocycles. The van der Waals surface area contributed by atoms with Crippen molar-refractivity contribution in [2.75, 3.05) is 18.0 Å². The Balaban J connectivity index is 1.78. The molecular formula is C20H20FN5. The van der Waals surface area contributed by atoms with Crippen LogP contribution in [0.15, 0.2) is 54.7 Å². The molecule has 1 aliphatic heterocycles. The molecule has 132 valence electrons. The highest BCUT2D eigenvalue weighted by molar-refractivity contribution is 5.65. The van der Waals surface area contributed by atoms with E-state index in [1.807, 2.05) is 24.3 Å². The van der Waals surface area contributed by atoms with Gasteiger partial charge in [0.15, 0.2) is 5.82 Å². The average Bonchev–Trinajstić information content (AvgIpc) is 2.69. The summed E-state index contributed by atoms with van der Waals surface area (Å²) in [5.74, 6) is 1.14. The number of anilines is 1. The lowest BCUT2D eigenvalue weighted by Gasteiger charge is -2.31. The van der Waals surface area contributed by atoms with E-state index in [0.717, 1.165) is 48.7 Å². The largest absolute Gasteiger partial charge is 0.356 e. The molecule has 1 aliphatic rings. The fourth-order valence-corrected chi connectivity index (χ4v) is 3.10. The molecule has 1 fully saturated rings. The van der Waals surface area contributed by atoms with Crippen LogP contribution in [-0.4, -0.2) is 34.1 Å². The van der Waals surface area contributed by atoms with Gasteiger partial charge in [-0.05, 0) is 49.2 Å². The second kappa shape index (κ2) is 7.17. The van der Waals surface area contributed by atoms with E-state index >= 15 is 0 Å². The van der Waals surface area contributed by atoms with E-state index < -0.39 is 0 Å². The minimum atomic E-state index is -0.278. The lowest BCUT2D eigenvalue weighted by molar-refractivity contribution is 0.498. The van der Waals surface area contributed by atoms with Crippen molar-refractivity contribution in [1.82, 2.24) is 15.0 Å². The minimum absolute atomic E-state index is 0.250. The first-order chi connectivity index (χ1) is 12.7. The van der Waals surface area contributed by atoms with Gasteiger partial charge in [0.2, 0.25) is 0 Å². The van der Waals surface area contributed by atoms with Gasteiger partial charge in [0.05, 0.1) is 11.4 Å². The third kappa shape index (κ3) is 3.55. The Morgan fingerprint density at radius 3 is 2.42 bits per heavy atom. The molecule has 5 nitrogen and oxygen atoms in total. The van der Waals surface area contributed by atoms with Crippen LogP contribution in [0.1, 0.15) is 12.8 Å². The zero-order valence-electron chi connectivity index (χ0n) is 14.3. The smallest absolute Gasteiger partial charge is 0.162 e.